The van der Waals surface area contributed by atoms with Gasteiger partial charge in [-0.25, -0.2) is 0 Å². The Balaban J connectivity index is 1.51. The average Bonchev–Trinajstić information content (AvgIpc) is 2.87. The first-order chi connectivity index (χ1) is 13.1. The topological polar surface area (TPSA) is 42.9 Å². The zero-order chi connectivity index (χ0) is 18.9. The number of anilines is 1. The van der Waals surface area contributed by atoms with Crippen LogP contribution in [0.3, 0.4) is 0 Å². The largest absolute Gasteiger partial charge is 0.331 e. The molecule has 0 aliphatic carbocycles. The van der Waals surface area contributed by atoms with Crippen LogP contribution in [0.1, 0.15) is 31.7 Å². The first-order valence-corrected chi connectivity index (χ1v) is 10.7. The van der Waals surface area contributed by atoms with E-state index in [1.54, 1.807) is 0 Å². The molecule has 4 saturated heterocycles. The van der Waals surface area contributed by atoms with Gasteiger partial charge < -0.3 is 15.1 Å². The third-order valence-corrected chi connectivity index (χ3v) is 6.43. The molecule has 27 heavy (non-hydrogen) atoms. The van der Waals surface area contributed by atoms with Gasteiger partial charge in [-0.05, 0) is 43.3 Å². The molecule has 6 heteroatoms. The summed E-state index contributed by atoms with van der Waals surface area (Å²) in [7, 11) is 0. The highest BCUT2D eigenvalue weighted by Crippen LogP contribution is 2.41. The Labute approximate surface area is 168 Å². The molecule has 0 spiro atoms. The predicted octanol–water partition coefficient (Wildman–Crippen LogP) is 3.08. The maximum Gasteiger partial charge on any atom is 0.191 e. The van der Waals surface area contributed by atoms with E-state index in [9.17, 15) is 0 Å². The van der Waals surface area contributed by atoms with E-state index in [0.29, 0.717) is 11.0 Å². The van der Waals surface area contributed by atoms with Crippen molar-refractivity contribution in [3.05, 3.63) is 29.8 Å². The monoisotopic (exact) mass is 385 g/mol. The number of benzene rings is 1. The Hall–Kier alpha value is -1.50. The lowest BCUT2D eigenvalue weighted by Crippen LogP contribution is -2.61. The van der Waals surface area contributed by atoms with Crippen LogP contribution in [0.2, 0.25) is 0 Å². The van der Waals surface area contributed by atoms with Gasteiger partial charge in [0.2, 0.25) is 0 Å². The van der Waals surface area contributed by atoms with Gasteiger partial charge >= 0.3 is 0 Å². The first-order valence-electron chi connectivity index (χ1n) is 10.2. The molecule has 4 fully saturated rings. The molecule has 146 valence electrons. The molecule has 0 saturated carbocycles. The zero-order valence-corrected chi connectivity index (χ0v) is 17.3. The lowest BCUT2D eigenvalue weighted by molar-refractivity contribution is 0.108. The summed E-state index contributed by atoms with van der Waals surface area (Å²) in [4.78, 5) is 5.32. The molecule has 2 N–H and O–H groups in total. The summed E-state index contributed by atoms with van der Waals surface area (Å²) < 4.78 is 0. The van der Waals surface area contributed by atoms with Crippen molar-refractivity contribution in [3.8, 4) is 0 Å². The molecule has 4 aliphatic rings. The highest BCUT2D eigenvalue weighted by molar-refractivity contribution is 7.80. The molecule has 0 aromatic heterocycles. The van der Waals surface area contributed by atoms with E-state index in [2.05, 4.69) is 46.5 Å². The van der Waals surface area contributed by atoms with Crippen LogP contribution in [0, 0.1) is 18.3 Å². The molecule has 5 rings (SSSR count). The van der Waals surface area contributed by atoms with Crippen LogP contribution in [-0.2, 0) is 0 Å². The maximum absolute atomic E-state index is 5.51. The quantitative estimate of drug-likeness (QED) is 0.602. The normalized spacial score (nSPS) is 33.1. The fraction of sp³-hybridized carbons (Fsp3) is 0.619. The Kier molecular flexibility index (Phi) is 5.48. The number of hydrogen-bond acceptors (Lipinski definition) is 4. The van der Waals surface area contributed by atoms with Gasteiger partial charge in [0.25, 0.3) is 0 Å². The highest BCUT2D eigenvalue weighted by atomic mass is 32.1. The Morgan fingerprint density at radius 3 is 2.67 bits per heavy atom. The molecule has 4 aliphatic heterocycles. The number of hydrazone groups is 1. The third-order valence-electron chi connectivity index (χ3n) is 6.23. The van der Waals surface area contributed by atoms with Crippen molar-refractivity contribution in [1.82, 2.24) is 15.2 Å². The third kappa shape index (κ3) is 4.03. The van der Waals surface area contributed by atoms with Crippen LogP contribution in [0.4, 0.5) is 5.69 Å². The van der Waals surface area contributed by atoms with Crippen molar-refractivity contribution in [2.24, 2.45) is 16.4 Å². The number of nitrogens with zero attached hydrogens (tertiary/aromatic N) is 3. The van der Waals surface area contributed by atoms with Gasteiger partial charge in [0.15, 0.2) is 5.11 Å². The van der Waals surface area contributed by atoms with Crippen LogP contribution in [-0.4, -0.2) is 59.9 Å². The van der Waals surface area contributed by atoms with E-state index in [-0.39, 0.29) is 5.41 Å². The minimum Gasteiger partial charge on any atom is -0.331 e. The molecule has 1 aromatic rings. The lowest BCUT2D eigenvalue weighted by atomic mass is 9.68. The summed E-state index contributed by atoms with van der Waals surface area (Å²) in [6, 6.07) is 8.25. The molecule has 4 bridgehead atoms. The number of hydrogen-bond donors (Lipinski definition) is 2. The first kappa shape index (κ1) is 18.8. The number of aryl methyl sites for hydroxylation is 1. The number of fused-ring (bicyclic) bond motifs is 1. The maximum atomic E-state index is 5.51. The minimum absolute atomic E-state index is 0.194. The molecule has 2 unspecified atom stereocenters. The van der Waals surface area contributed by atoms with Gasteiger partial charge in [-0.2, -0.15) is 5.10 Å². The summed E-state index contributed by atoms with van der Waals surface area (Å²) in [6.45, 7) is 11.4. The zero-order valence-electron chi connectivity index (χ0n) is 16.5. The average molecular weight is 386 g/mol. The van der Waals surface area contributed by atoms with Crippen LogP contribution in [0.5, 0.6) is 0 Å². The lowest BCUT2D eigenvalue weighted by Gasteiger charge is -2.50. The smallest absolute Gasteiger partial charge is 0.191 e. The van der Waals surface area contributed by atoms with E-state index in [1.165, 1.54) is 43.6 Å². The molecule has 0 amide bonds. The van der Waals surface area contributed by atoms with E-state index in [1.807, 2.05) is 12.1 Å². The van der Waals surface area contributed by atoms with Crippen LogP contribution in [0.15, 0.2) is 29.4 Å². The van der Waals surface area contributed by atoms with Crippen molar-refractivity contribution >= 4 is 28.7 Å². The molecule has 5 nitrogen and oxygen atoms in total. The van der Waals surface area contributed by atoms with Gasteiger partial charge in [0.05, 0.1) is 5.71 Å². The van der Waals surface area contributed by atoms with Crippen molar-refractivity contribution in [2.45, 2.75) is 33.1 Å². The number of unbranched alkanes of at least 4 members (excludes halogenated alkanes) is 1. The predicted molar refractivity (Wildman–Crippen MR) is 116 cm³/mol. The molecule has 1 aromatic carbocycles. The Bertz CT molecular complexity index is 715. The van der Waals surface area contributed by atoms with E-state index < -0.39 is 0 Å². The summed E-state index contributed by atoms with van der Waals surface area (Å²) in [5.41, 5.74) is 6.95. The van der Waals surface area contributed by atoms with Crippen molar-refractivity contribution < 1.29 is 0 Å². The van der Waals surface area contributed by atoms with Gasteiger partial charge in [-0.3, -0.25) is 5.43 Å². The fourth-order valence-electron chi connectivity index (χ4n) is 5.11. The number of nitrogens with one attached hydrogen (secondary N) is 2. The Morgan fingerprint density at radius 1 is 1.26 bits per heavy atom. The molecule has 2 atom stereocenters. The highest BCUT2D eigenvalue weighted by Gasteiger charge is 2.51. The van der Waals surface area contributed by atoms with E-state index in [4.69, 9.17) is 17.3 Å². The summed E-state index contributed by atoms with van der Waals surface area (Å²) in [5, 5.41) is 8.76. The Morgan fingerprint density at radius 2 is 2.00 bits per heavy atom. The molecular weight excluding hydrogens is 354 g/mol. The number of piperidine rings is 2. The van der Waals surface area contributed by atoms with Crippen LogP contribution >= 0.6 is 12.2 Å². The van der Waals surface area contributed by atoms with Gasteiger partial charge in [0, 0.05) is 56.3 Å². The summed E-state index contributed by atoms with van der Waals surface area (Å²) in [6.07, 6.45) is 3.73. The molecular formula is C21H31N5S. The summed E-state index contributed by atoms with van der Waals surface area (Å²) in [5.74, 6) is 0.529. The molecule has 0 radical (unpaired) electrons. The van der Waals surface area contributed by atoms with Crippen LogP contribution < -0.4 is 10.7 Å². The van der Waals surface area contributed by atoms with E-state index in [0.717, 1.165) is 31.9 Å². The van der Waals surface area contributed by atoms with Crippen molar-refractivity contribution in [1.29, 1.82) is 0 Å². The van der Waals surface area contributed by atoms with Gasteiger partial charge in [-0.1, -0.05) is 31.9 Å². The van der Waals surface area contributed by atoms with Crippen molar-refractivity contribution in [2.75, 3.05) is 44.6 Å². The standard InChI is InChI=1S/C21H31N5S/c1-3-4-8-21-14-25-9-10-26(15-21)13-17(12-25)19(21)23-24-20(27)22-18-7-5-6-16(2)11-18/h5-7,11,17H,3-4,8-10,12-15H2,1-2H3,(H2,22,24,27)/b23-19-. The van der Waals surface area contributed by atoms with Crippen molar-refractivity contribution in [3.63, 3.8) is 0 Å². The minimum atomic E-state index is 0.194. The van der Waals surface area contributed by atoms with E-state index >= 15 is 0 Å². The van der Waals surface area contributed by atoms with Crippen LogP contribution in [0.25, 0.3) is 0 Å². The molecule has 4 heterocycles. The van der Waals surface area contributed by atoms with Gasteiger partial charge in [0.1, 0.15) is 0 Å². The number of thiocarbonyl (C=S) groups is 1. The SMILES string of the molecule is CCCCC12CN3CCN(CC(C3)/C1=N/NC(=S)Nc1cccc(C)c1)C2. The second-order valence-electron chi connectivity index (χ2n) is 8.48. The number of rotatable bonds is 5. The fourth-order valence-corrected chi connectivity index (χ4v) is 5.28. The van der Waals surface area contributed by atoms with Gasteiger partial charge in [-0.15, -0.1) is 0 Å². The second kappa shape index (κ2) is 7.86. The summed E-state index contributed by atoms with van der Waals surface area (Å²) >= 11 is 5.51. The second-order valence-corrected chi connectivity index (χ2v) is 8.89.